The summed E-state index contributed by atoms with van der Waals surface area (Å²) in [4.78, 5) is 11.9. The molecule has 1 aromatic rings. The van der Waals surface area contributed by atoms with Crippen molar-refractivity contribution < 1.29 is 9.28 Å². The van der Waals surface area contributed by atoms with Gasteiger partial charge in [-0.1, -0.05) is 18.2 Å². The molecule has 0 aliphatic heterocycles. The molecule has 2 heteroatoms. The molecule has 0 aliphatic carbocycles. The second-order valence-electron chi connectivity index (χ2n) is 5.53. The van der Waals surface area contributed by atoms with E-state index in [1.165, 1.54) is 16.7 Å². The van der Waals surface area contributed by atoms with Gasteiger partial charge in [0.2, 0.25) is 0 Å². The third kappa shape index (κ3) is 3.78. The maximum Gasteiger partial charge on any atom is 0.191 e. The summed E-state index contributed by atoms with van der Waals surface area (Å²) in [7, 11) is 6.13. The van der Waals surface area contributed by atoms with Crippen molar-refractivity contribution in [2.75, 3.05) is 27.7 Å². The fourth-order valence-electron chi connectivity index (χ4n) is 1.91. The van der Waals surface area contributed by atoms with E-state index in [2.05, 4.69) is 26.0 Å². The number of benzene rings is 1. The zero-order chi connectivity index (χ0) is 12.3. The van der Waals surface area contributed by atoms with E-state index in [9.17, 15) is 4.79 Å². The van der Waals surface area contributed by atoms with E-state index in [1.807, 2.05) is 27.2 Å². The monoisotopic (exact) mass is 220 g/mol. The van der Waals surface area contributed by atoms with Crippen molar-refractivity contribution in [3.8, 4) is 0 Å². The molecule has 0 saturated heterocycles. The van der Waals surface area contributed by atoms with Gasteiger partial charge >= 0.3 is 0 Å². The molecule has 0 bridgehead atoms. The molecule has 0 saturated carbocycles. The number of carbonyl (C=O) groups excluding carboxylic acids is 1. The quantitative estimate of drug-likeness (QED) is 0.710. The number of aryl methyl sites for hydroxylation is 2. The second-order valence-corrected chi connectivity index (χ2v) is 5.53. The summed E-state index contributed by atoms with van der Waals surface area (Å²) in [6.45, 7) is 4.73. The average molecular weight is 220 g/mol. The van der Waals surface area contributed by atoms with Crippen LogP contribution in [0.25, 0.3) is 0 Å². The molecule has 0 spiro atoms. The summed E-state index contributed by atoms with van der Waals surface area (Å²) < 4.78 is 0.698. The highest BCUT2D eigenvalue weighted by atomic mass is 16.1. The molecule has 16 heavy (non-hydrogen) atoms. The summed E-state index contributed by atoms with van der Waals surface area (Å²) in [5.74, 6) is 0.310. The Labute approximate surface area is 98.5 Å². The molecule has 0 fully saturated rings. The highest BCUT2D eigenvalue weighted by Gasteiger charge is 2.16. The first-order valence-corrected chi connectivity index (χ1v) is 5.67. The van der Waals surface area contributed by atoms with Gasteiger partial charge in [-0.05, 0) is 30.5 Å². The minimum Gasteiger partial charge on any atom is -0.325 e. The Morgan fingerprint density at radius 3 is 2.06 bits per heavy atom. The highest BCUT2D eigenvalue weighted by molar-refractivity contribution is 5.82. The van der Waals surface area contributed by atoms with Crippen LogP contribution in [0.2, 0.25) is 0 Å². The van der Waals surface area contributed by atoms with E-state index in [0.29, 0.717) is 23.2 Å². The normalized spacial score (nSPS) is 11.6. The number of quaternary nitrogens is 1. The predicted octanol–water partition coefficient (Wildman–Crippen LogP) is 2.12. The summed E-state index contributed by atoms with van der Waals surface area (Å²) in [5.41, 5.74) is 3.63. The van der Waals surface area contributed by atoms with Crippen molar-refractivity contribution in [3.63, 3.8) is 0 Å². The van der Waals surface area contributed by atoms with Crippen LogP contribution < -0.4 is 0 Å². The van der Waals surface area contributed by atoms with E-state index in [-0.39, 0.29) is 0 Å². The van der Waals surface area contributed by atoms with Crippen LogP contribution in [-0.2, 0) is 11.2 Å². The number of hydrogen-bond donors (Lipinski definition) is 0. The first-order chi connectivity index (χ1) is 7.29. The van der Waals surface area contributed by atoms with E-state index in [1.54, 1.807) is 0 Å². The zero-order valence-corrected chi connectivity index (χ0v) is 11.0. The molecule has 0 aromatic heterocycles. The van der Waals surface area contributed by atoms with Gasteiger partial charge in [-0.15, -0.1) is 0 Å². The van der Waals surface area contributed by atoms with Crippen LogP contribution in [0.3, 0.4) is 0 Å². The number of ketones is 1. The molecule has 0 amide bonds. The Bertz CT molecular complexity index is 368. The molecule has 0 heterocycles. The number of Topliss-reactive ketones (excluding diaryl/α,β-unsaturated/α-hetero) is 1. The van der Waals surface area contributed by atoms with Crippen molar-refractivity contribution in [1.29, 1.82) is 0 Å². The van der Waals surface area contributed by atoms with Crippen LogP contribution in [0.5, 0.6) is 0 Å². The molecule has 0 N–H and O–H groups in total. The lowest BCUT2D eigenvalue weighted by molar-refractivity contribution is -0.862. The Balaban J connectivity index is 2.78. The fraction of sp³-hybridized carbons (Fsp3) is 0.500. The van der Waals surface area contributed by atoms with Crippen molar-refractivity contribution in [3.05, 3.63) is 34.9 Å². The molecule has 0 unspecified atom stereocenters. The lowest BCUT2D eigenvalue weighted by atomic mass is 9.98. The van der Waals surface area contributed by atoms with Gasteiger partial charge in [0.1, 0.15) is 6.54 Å². The summed E-state index contributed by atoms with van der Waals surface area (Å²) >= 11 is 0. The minimum absolute atomic E-state index is 0.310. The Morgan fingerprint density at radius 2 is 1.62 bits per heavy atom. The Hall–Kier alpha value is -1.15. The van der Waals surface area contributed by atoms with Crippen molar-refractivity contribution >= 4 is 5.78 Å². The first kappa shape index (κ1) is 12.9. The summed E-state index contributed by atoms with van der Waals surface area (Å²) in [5, 5.41) is 0. The molecule has 0 aliphatic rings. The molecular formula is C14H22NO+. The van der Waals surface area contributed by atoms with Crippen LogP contribution in [0.15, 0.2) is 18.2 Å². The van der Waals surface area contributed by atoms with Crippen LogP contribution in [-0.4, -0.2) is 38.0 Å². The second kappa shape index (κ2) is 4.79. The number of nitrogens with zero attached hydrogens (tertiary/aromatic N) is 1. The van der Waals surface area contributed by atoms with Gasteiger partial charge in [0.15, 0.2) is 5.78 Å². The highest BCUT2D eigenvalue weighted by Crippen LogP contribution is 2.14. The number of rotatable bonds is 4. The van der Waals surface area contributed by atoms with Gasteiger partial charge in [-0.2, -0.15) is 0 Å². The van der Waals surface area contributed by atoms with E-state index >= 15 is 0 Å². The smallest absolute Gasteiger partial charge is 0.191 e. The van der Waals surface area contributed by atoms with Gasteiger partial charge in [-0.3, -0.25) is 4.79 Å². The van der Waals surface area contributed by atoms with Crippen LogP contribution in [0.1, 0.15) is 16.7 Å². The number of hydrogen-bond acceptors (Lipinski definition) is 1. The summed E-state index contributed by atoms with van der Waals surface area (Å²) in [6.07, 6.45) is 0.564. The SMILES string of the molecule is Cc1cccc(C)c1CC(=O)C[N+](C)(C)C. The van der Waals surface area contributed by atoms with Gasteiger partial charge in [0, 0.05) is 6.42 Å². The van der Waals surface area contributed by atoms with E-state index < -0.39 is 0 Å². The maximum atomic E-state index is 11.9. The Kier molecular flexibility index (Phi) is 3.87. The first-order valence-electron chi connectivity index (χ1n) is 5.67. The molecule has 88 valence electrons. The third-order valence-corrected chi connectivity index (χ3v) is 2.67. The standard InChI is InChI=1S/C14H22NO/c1-11-7-6-8-12(2)14(11)9-13(16)10-15(3,4)5/h6-8H,9-10H2,1-5H3/q+1. The topological polar surface area (TPSA) is 17.1 Å². The van der Waals surface area contributed by atoms with Crippen LogP contribution >= 0.6 is 0 Å². The van der Waals surface area contributed by atoms with Crippen LogP contribution in [0, 0.1) is 13.8 Å². The van der Waals surface area contributed by atoms with Crippen molar-refractivity contribution in [2.24, 2.45) is 0 Å². The van der Waals surface area contributed by atoms with Crippen LogP contribution in [0.4, 0.5) is 0 Å². The number of carbonyl (C=O) groups is 1. The molecule has 0 atom stereocenters. The average Bonchev–Trinajstić information content (AvgIpc) is 2.08. The van der Waals surface area contributed by atoms with Crippen molar-refractivity contribution in [1.82, 2.24) is 0 Å². The molecule has 1 aromatic carbocycles. The molecule has 1 rings (SSSR count). The number of likely N-dealkylation sites (N-methyl/N-ethyl adjacent to an activating group) is 1. The predicted molar refractivity (Wildman–Crippen MR) is 67.5 cm³/mol. The third-order valence-electron chi connectivity index (χ3n) is 2.67. The van der Waals surface area contributed by atoms with E-state index in [0.717, 1.165) is 0 Å². The van der Waals surface area contributed by atoms with E-state index in [4.69, 9.17) is 0 Å². The Morgan fingerprint density at radius 1 is 1.12 bits per heavy atom. The minimum atomic E-state index is 0.310. The zero-order valence-electron chi connectivity index (χ0n) is 11.0. The maximum absolute atomic E-state index is 11.9. The fourth-order valence-corrected chi connectivity index (χ4v) is 1.91. The molecular weight excluding hydrogens is 198 g/mol. The lowest BCUT2D eigenvalue weighted by Gasteiger charge is -2.23. The van der Waals surface area contributed by atoms with Gasteiger partial charge in [0.05, 0.1) is 21.1 Å². The molecule has 2 nitrogen and oxygen atoms in total. The largest absolute Gasteiger partial charge is 0.325 e. The van der Waals surface area contributed by atoms with Crippen molar-refractivity contribution in [2.45, 2.75) is 20.3 Å². The lowest BCUT2D eigenvalue weighted by Crippen LogP contribution is -2.40. The van der Waals surface area contributed by atoms with Gasteiger partial charge < -0.3 is 4.48 Å². The summed E-state index contributed by atoms with van der Waals surface area (Å²) in [6, 6.07) is 6.18. The van der Waals surface area contributed by atoms with Gasteiger partial charge in [0.25, 0.3) is 0 Å². The molecule has 0 radical (unpaired) electrons. The van der Waals surface area contributed by atoms with Gasteiger partial charge in [-0.25, -0.2) is 0 Å².